The van der Waals surface area contributed by atoms with E-state index < -0.39 is 18.1 Å². The minimum Gasteiger partial charge on any atom is -0.478 e. The van der Waals surface area contributed by atoms with Gasteiger partial charge >= 0.3 is 12.3 Å². The van der Waals surface area contributed by atoms with E-state index in [-0.39, 0.29) is 5.56 Å². The topological polar surface area (TPSA) is 46.5 Å². The second-order valence-electron chi connectivity index (χ2n) is 7.06. The van der Waals surface area contributed by atoms with Crippen LogP contribution in [-0.4, -0.2) is 23.6 Å². The molecule has 0 aromatic heterocycles. The molecule has 0 bridgehead atoms. The van der Waals surface area contributed by atoms with E-state index in [1.54, 1.807) is 0 Å². The summed E-state index contributed by atoms with van der Waals surface area (Å²) in [4.78, 5) is 10.3. The third-order valence-corrected chi connectivity index (χ3v) is 4.80. The molecule has 0 aliphatic carbocycles. The zero-order valence-electron chi connectivity index (χ0n) is 17.5. The average Bonchev–Trinajstić information content (AvgIpc) is 2.66. The van der Waals surface area contributed by atoms with Crippen molar-refractivity contribution in [2.45, 2.75) is 90.3 Å². The number of benzene rings is 1. The zero-order valence-corrected chi connectivity index (χ0v) is 18.6. The van der Waals surface area contributed by atoms with Crippen LogP contribution >= 0.6 is 9.24 Å². The minimum atomic E-state index is -4.76. The fourth-order valence-corrected chi connectivity index (χ4v) is 3.07. The third-order valence-electron chi connectivity index (χ3n) is 4.39. The molecule has 7 heteroatoms. The van der Waals surface area contributed by atoms with Crippen molar-refractivity contribution in [2.24, 2.45) is 0 Å². The Kier molecular flexibility index (Phi) is 16.8. The second kappa shape index (κ2) is 17.6. The van der Waals surface area contributed by atoms with Crippen LogP contribution in [0.25, 0.3) is 0 Å². The van der Waals surface area contributed by atoms with Crippen LogP contribution in [0.2, 0.25) is 0 Å². The number of unbranched alkanes of at least 4 members (excludes halogenated alkanes) is 11. The normalized spacial score (nSPS) is 10.9. The molecule has 1 aromatic carbocycles. The van der Waals surface area contributed by atoms with Crippen molar-refractivity contribution < 1.29 is 27.8 Å². The number of hydrogen-bond acceptors (Lipinski definition) is 2. The van der Waals surface area contributed by atoms with Gasteiger partial charge in [-0.3, -0.25) is 0 Å². The molecule has 1 aromatic rings. The van der Waals surface area contributed by atoms with Gasteiger partial charge in [0.15, 0.2) is 0 Å². The molecule has 0 aliphatic rings. The summed E-state index contributed by atoms with van der Waals surface area (Å²) in [6.07, 6.45) is 14.0. The van der Waals surface area contributed by atoms with Gasteiger partial charge in [-0.25, -0.2) is 4.79 Å². The molecule has 1 atom stereocenters. The lowest BCUT2D eigenvalue weighted by Crippen LogP contribution is -2.17. The summed E-state index contributed by atoms with van der Waals surface area (Å²) in [5.41, 5.74) is -0.0977. The highest BCUT2D eigenvalue weighted by molar-refractivity contribution is 7.16. The first-order chi connectivity index (χ1) is 13.8. The molecule has 1 N–H and O–H groups in total. The number of rotatable bonds is 14. The molecular formula is C22H36F3O3P. The Labute approximate surface area is 175 Å². The number of alkyl halides is 3. The van der Waals surface area contributed by atoms with E-state index in [0.29, 0.717) is 0 Å². The number of carbonyl (C=O) groups is 1. The summed E-state index contributed by atoms with van der Waals surface area (Å²) in [5, 5.41) is 8.45. The fourth-order valence-electron chi connectivity index (χ4n) is 2.78. The lowest BCUT2D eigenvalue weighted by Gasteiger charge is -2.08. The highest BCUT2D eigenvalue weighted by Gasteiger charge is 2.31. The SMILES string of the molecule is CCCCCCCCCCCCCCP.O=C(O)c1ccc(OC(F)(F)F)cc1. The maximum atomic E-state index is 11.7. The van der Waals surface area contributed by atoms with Gasteiger partial charge in [0.05, 0.1) is 5.56 Å². The van der Waals surface area contributed by atoms with Gasteiger partial charge in [-0.1, -0.05) is 77.6 Å². The quantitative estimate of drug-likeness (QED) is 0.239. The molecule has 0 saturated heterocycles. The molecule has 0 spiro atoms. The number of halogens is 3. The van der Waals surface area contributed by atoms with Gasteiger partial charge in [-0.15, -0.1) is 22.4 Å². The van der Waals surface area contributed by atoms with E-state index >= 15 is 0 Å². The van der Waals surface area contributed by atoms with E-state index in [9.17, 15) is 18.0 Å². The average molecular weight is 436 g/mol. The van der Waals surface area contributed by atoms with Gasteiger partial charge in [-0.05, 0) is 36.8 Å². The summed E-state index contributed by atoms with van der Waals surface area (Å²) < 4.78 is 38.5. The smallest absolute Gasteiger partial charge is 0.478 e. The van der Waals surface area contributed by atoms with Crippen LogP contribution in [0.4, 0.5) is 13.2 Å². The molecule has 3 nitrogen and oxygen atoms in total. The largest absolute Gasteiger partial charge is 0.573 e. The summed E-state index contributed by atoms with van der Waals surface area (Å²) in [6.45, 7) is 2.29. The molecule has 0 aliphatic heterocycles. The first-order valence-corrected chi connectivity index (χ1v) is 11.4. The number of ether oxygens (including phenoxy) is 1. The number of hydrogen-bond donors (Lipinski definition) is 1. The summed E-state index contributed by atoms with van der Waals surface area (Å²) >= 11 is 0. The van der Waals surface area contributed by atoms with Crippen LogP contribution in [0.1, 0.15) is 94.3 Å². The van der Waals surface area contributed by atoms with Crippen molar-refractivity contribution in [3.63, 3.8) is 0 Å². The lowest BCUT2D eigenvalue weighted by atomic mass is 10.1. The molecule has 0 amide bonds. The Morgan fingerprint density at radius 2 is 1.28 bits per heavy atom. The molecular weight excluding hydrogens is 400 g/mol. The molecule has 168 valence electrons. The second-order valence-corrected chi connectivity index (χ2v) is 7.63. The van der Waals surface area contributed by atoms with Crippen molar-refractivity contribution in [3.05, 3.63) is 29.8 Å². The van der Waals surface area contributed by atoms with E-state index in [2.05, 4.69) is 20.9 Å². The van der Waals surface area contributed by atoms with Crippen molar-refractivity contribution in [1.82, 2.24) is 0 Å². The van der Waals surface area contributed by atoms with Crippen LogP contribution in [-0.2, 0) is 0 Å². The zero-order chi connectivity index (χ0) is 22.0. The molecule has 0 radical (unpaired) electrons. The number of aromatic carboxylic acids is 1. The minimum absolute atomic E-state index is 0.0977. The molecule has 0 saturated carbocycles. The molecule has 1 rings (SSSR count). The predicted molar refractivity (Wildman–Crippen MR) is 116 cm³/mol. The first kappa shape index (κ1) is 27.7. The van der Waals surface area contributed by atoms with Gasteiger partial charge in [0.25, 0.3) is 0 Å². The van der Waals surface area contributed by atoms with Gasteiger partial charge in [0.2, 0.25) is 0 Å². The van der Waals surface area contributed by atoms with E-state index in [1.807, 2.05) is 0 Å². The van der Waals surface area contributed by atoms with Crippen LogP contribution in [0.5, 0.6) is 5.75 Å². The first-order valence-electron chi connectivity index (χ1n) is 10.6. The summed E-state index contributed by atoms with van der Waals surface area (Å²) in [7, 11) is 2.81. The van der Waals surface area contributed by atoms with Crippen LogP contribution in [0.15, 0.2) is 24.3 Å². The highest BCUT2D eigenvalue weighted by Crippen LogP contribution is 2.22. The molecule has 1 unspecified atom stereocenters. The number of carboxylic acid groups (broad SMARTS) is 1. The Morgan fingerprint density at radius 3 is 1.62 bits per heavy atom. The van der Waals surface area contributed by atoms with Crippen LogP contribution in [0.3, 0.4) is 0 Å². The molecule has 0 fully saturated rings. The van der Waals surface area contributed by atoms with Crippen molar-refractivity contribution in [3.8, 4) is 5.75 Å². The van der Waals surface area contributed by atoms with Gasteiger partial charge < -0.3 is 9.84 Å². The van der Waals surface area contributed by atoms with Gasteiger partial charge in [0.1, 0.15) is 5.75 Å². The van der Waals surface area contributed by atoms with Gasteiger partial charge in [-0.2, -0.15) is 0 Å². The highest BCUT2D eigenvalue weighted by atomic mass is 31.0. The Hall–Kier alpha value is -1.29. The van der Waals surface area contributed by atoms with Crippen molar-refractivity contribution in [1.29, 1.82) is 0 Å². The van der Waals surface area contributed by atoms with Crippen molar-refractivity contribution in [2.75, 3.05) is 6.16 Å². The maximum Gasteiger partial charge on any atom is 0.573 e. The Bertz CT molecular complexity index is 507. The third kappa shape index (κ3) is 18.5. The number of carboxylic acids is 1. The van der Waals surface area contributed by atoms with Crippen LogP contribution in [0, 0.1) is 0 Å². The summed E-state index contributed by atoms with van der Waals surface area (Å²) in [6, 6.07) is 3.95. The molecule has 0 heterocycles. The maximum absolute atomic E-state index is 11.7. The van der Waals surface area contributed by atoms with E-state index in [0.717, 1.165) is 24.3 Å². The van der Waals surface area contributed by atoms with E-state index in [1.165, 1.54) is 83.2 Å². The van der Waals surface area contributed by atoms with Crippen LogP contribution < -0.4 is 4.74 Å². The molecule has 29 heavy (non-hydrogen) atoms. The predicted octanol–water partition coefficient (Wildman–Crippen LogP) is 7.85. The van der Waals surface area contributed by atoms with Crippen molar-refractivity contribution >= 4 is 15.2 Å². The lowest BCUT2D eigenvalue weighted by molar-refractivity contribution is -0.274. The van der Waals surface area contributed by atoms with E-state index in [4.69, 9.17) is 5.11 Å². The monoisotopic (exact) mass is 436 g/mol. The standard InChI is InChI=1S/C14H31P.C8H5F3O3/c1-2-3-4-5-6-7-8-9-10-11-12-13-14-15;9-8(10,11)14-6-3-1-5(2-4-6)7(12)13/h2-15H2,1H3;1-4H,(H,12,13). The Morgan fingerprint density at radius 1 is 0.862 bits per heavy atom. The fraction of sp³-hybridized carbons (Fsp3) is 0.682. The summed E-state index contributed by atoms with van der Waals surface area (Å²) in [5.74, 6) is -1.65. The Balaban J connectivity index is 0.000000541. The van der Waals surface area contributed by atoms with Gasteiger partial charge in [0, 0.05) is 0 Å².